The number of nitrogens with one attached hydrogen (secondary N) is 1. The van der Waals surface area contributed by atoms with Crippen molar-refractivity contribution in [3.05, 3.63) is 96.7 Å². The fourth-order valence-electron chi connectivity index (χ4n) is 5.48. The summed E-state index contributed by atoms with van der Waals surface area (Å²) in [6.45, 7) is 0.406. The number of urea groups is 1. The molecule has 12 heteroatoms. The summed E-state index contributed by atoms with van der Waals surface area (Å²) in [4.78, 5) is 38.1. The largest absolute Gasteiger partial charge is 0.481 e. The van der Waals surface area contributed by atoms with E-state index in [0.29, 0.717) is 60.7 Å². The summed E-state index contributed by atoms with van der Waals surface area (Å²) in [5.41, 5.74) is 5.12. The number of hydrogen-bond donors (Lipinski definition) is 1. The van der Waals surface area contributed by atoms with Gasteiger partial charge < -0.3 is 10.1 Å². The summed E-state index contributed by atoms with van der Waals surface area (Å²) in [5.74, 6) is 1.21. The van der Waals surface area contributed by atoms with Gasteiger partial charge >= 0.3 is 6.03 Å². The molecule has 1 aliphatic carbocycles. The number of amides is 2. The maximum Gasteiger partial charge on any atom is 0.323 e. The molecule has 0 aliphatic heterocycles. The number of carbonyl (C=O) groups excluding carboxylic acids is 1. The summed E-state index contributed by atoms with van der Waals surface area (Å²) in [6, 6.07) is 19.1. The van der Waals surface area contributed by atoms with Crippen molar-refractivity contribution < 1.29 is 9.53 Å². The van der Waals surface area contributed by atoms with Gasteiger partial charge in [-0.2, -0.15) is 10.4 Å². The molecule has 46 heavy (non-hydrogen) atoms. The van der Waals surface area contributed by atoms with E-state index in [2.05, 4.69) is 31.4 Å². The van der Waals surface area contributed by atoms with Gasteiger partial charge in [-0.3, -0.25) is 9.58 Å². The monoisotopic (exact) mass is 612 g/mol. The maximum atomic E-state index is 13.7. The first-order valence-electron chi connectivity index (χ1n) is 14.9. The lowest BCUT2D eigenvalue weighted by Gasteiger charge is -2.34. The van der Waals surface area contributed by atoms with E-state index in [4.69, 9.17) is 14.7 Å². The number of aryl methyl sites for hydroxylation is 1. The van der Waals surface area contributed by atoms with Crippen LogP contribution in [0.4, 0.5) is 16.6 Å². The zero-order valence-corrected chi connectivity index (χ0v) is 25.5. The zero-order chi connectivity index (χ0) is 31.9. The molecule has 0 bridgehead atoms. The van der Waals surface area contributed by atoms with Gasteiger partial charge in [0, 0.05) is 55.1 Å². The third-order valence-corrected chi connectivity index (χ3v) is 7.81. The summed E-state index contributed by atoms with van der Waals surface area (Å²) in [7, 11) is 3.39. The first-order valence-corrected chi connectivity index (χ1v) is 14.9. The Morgan fingerprint density at radius 1 is 1.04 bits per heavy atom. The molecule has 6 rings (SSSR count). The molecular formula is C34H32N10O2. The molecule has 1 aliphatic rings. The van der Waals surface area contributed by atoms with Gasteiger partial charge in [0.1, 0.15) is 11.9 Å². The second-order valence-electron chi connectivity index (χ2n) is 10.8. The number of aliphatic imine (C=N–C) groups is 1. The van der Waals surface area contributed by atoms with Gasteiger partial charge in [0.05, 0.1) is 36.3 Å². The third kappa shape index (κ3) is 6.73. The van der Waals surface area contributed by atoms with Gasteiger partial charge in [-0.25, -0.2) is 29.7 Å². The molecule has 2 amide bonds. The average Bonchev–Trinajstić information content (AvgIpc) is 3.55. The number of nitriles is 1. The van der Waals surface area contributed by atoms with Crippen LogP contribution < -0.4 is 15.0 Å². The Morgan fingerprint density at radius 2 is 1.87 bits per heavy atom. The minimum atomic E-state index is -0.207. The van der Waals surface area contributed by atoms with Crippen molar-refractivity contribution in [1.82, 2.24) is 35.0 Å². The Bertz CT molecular complexity index is 1890. The number of aromatic nitrogens is 6. The highest BCUT2D eigenvalue weighted by Crippen LogP contribution is 2.31. The van der Waals surface area contributed by atoms with Crippen LogP contribution in [0.2, 0.25) is 0 Å². The molecule has 230 valence electrons. The molecule has 4 aromatic heterocycles. The molecule has 1 saturated carbocycles. The highest BCUT2D eigenvalue weighted by molar-refractivity contribution is 5.93. The van der Waals surface area contributed by atoms with Crippen molar-refractivity contribution in [3.8, 4) is 34.3 Å². The van der Waals surface area contributed by atoms with Crippen LogP contribution in [0.3, 0.4) is 0 Å². The van der Waals surface area contributed by atoms with Crippen molar-refractivity contribution in [3.63, 3.8) is 0 Å². The lowest BCUT2D eigenvalue weighted by Crippen LogP contribution is -2.48. The Kier molecular flexibility index (Phi) is 9.01. The van der Waals surface area contributed by atoms with Crippen molar-refractivity contribution >= 4 is 23.5 Å². The van der Waals surface area contributed by atoms with Crippen molar-refractivity contribution in [1.29, 1.82) is 5.26 Å². The van der Waals surface area contributed by atoms with E-state index in [9.17, 15) is 10.1 Å². The number of benzene rings is 1. The first kappa shape index (κ1) is 30.1. The van der Waals surface area contributed by atoms with Crippen LogP contribution in [-0.2, 0) is 13.6 Å². The third-order valence-electron chi connectivity index (χ3n) is 7.81. The minimum Gasteiger partial charge on any atom is -0.481 e. The fourth-order valence-corrected chi connectivity index (χ4v) is 5.48. The molecule has 0 spiro atoms. The molecule has 0 radical (unpaired) electrons. The van der Waals surface area contributed by atoms with Gasteiger partial charge in [0.15, 0.2) is 0 Å². The minimum absolute atomic E-state index is 0.0939. The van der Waals surface area contributed by atoms with Crippen LogP contribution in [0.15, 0.2) is 90.6 Å². The molecule has 5 aromatic rings. The molecule has 0 saturated heterocycles. The smallest absolute Gasteiger partial charge is 0.323 e. The molecule has 0 unspecified atom stereocenters. The van der Waals surface area contributed by atoms with Crippen LogP contribution in [-0.4, -0.2) is 54.6 Å². The summed E-state index contributed by atoms with van der Waals surface area (Å²) in [6.07, 6.45) is 11.2. The van der Waals surface area contributed by atoms with E-state index in [1.807, 2.05) is 55.7 Å². The topological polar surface area (TPSA) is 147 Å². The van der Waals surface area contributed by atoms with Crippen LogP contribution in [0.25, 0.3) is 22.4 Å². The highest BCUT2D eigenvalue weighted by Gasteiger charge is 2.30. The SMILES string of the molecule is COc1ncccc1-c1nc(N=C2CCC(N(C(=O)NCc3ccccc3)c3ccc(-c4cnn(C)c4)cn3)CC2)ncc1C#N. The molecule has 1 N–H and O–H groups in total. The van der Waals surface area contributed by atoms with E-state index in [-0.39, 0.29) is 18.0 Å². The van der Waals surface area contributed by atoms with Gasteiger partial charge in [-0.15, -0.1) is 0 Å². The summed E-state index contributed by atoms with van der Waals surface area (Å²) >= 11 is 0. The Labute approximate surface area is 266 Å². The number of pyridine rings is 2. The number of nitrogens with zero attached hydrogens (tertiary/aromatic N) is 9. The van der Waals surface area contributed by atoms with Crippen molar-refractivity contribution in [2.75, 3.05) is 12.0 Å². The standard InChI is InChI=1S/C34H32N10O2/c1-43-22-26(21-40-43)24-10-15-30(37-19-24)44(34(45)39-18-23-7-4-3-5-8-23)28-13-11-27(12-14-28)41-33-38-20-25(17-35)31(42-33)29-9-6-16-36-32(29)46-2/h3-10,15-16,19-22,28H,11-14,18H2,1-2H3,(H,39,45). The van der Waals surface area contributed by atoms with Gasteiger partial charge in [0.2, 0.25) is 11.8 Å². The number of rotatable bonds is 8. The Hall–Kier alpha value is -5.96. The molecule has 1 aromatic carbocycles. The quantitative estimate of drug-likeness (QED) is 0.237. The number of anilines is 1. The number of hydrogen-bond acceptors (Lipinski definition) is 9. The Morgan fingerprint density at radius 3 is 2.57 bits per heavy atom. The molecule has 0 atom stereocenters. The lowest BCUT2D eigenvalue weighted by molar-refractivity contribution is 0.242. The molecule has 4 heterocycles. The van der Waals surface area contributed by atoms with E-state index < -0.39 is 0 Å². The van der Waals surface area contributed by atoms with Gasteiger partial charge in [0.25, 0.3) is 0 Å². The summed E-state index contributed by atoms with van der Waals surface area (Å²) in [5, 5.41) is 17.0. The number of methoxy groups -OCH3 is 1. The van der Waals surface area contributed by atoms with Crippen molar-refractivity contribution in [2.45, 2.75) is 38.3 Å². The van der Waals surface area contributed by atoms with Gasteiger partial charge in [-0.05, 0) is 55.5 Å². The number of carbonyl (C=O) groups is 1. The van der Waals surface area contributed by atoms with Gasteiger partial charge in [-0.1, -0.05) is 30.3 Å². The van der Waals surface area contributed by atoms with Crippen molar-refractivity contribution in [2.24, 2.45) is 12.0 Å². The molecule has 1 fully saturated rings. The van der Waals surface area contributed by atoms with E-state index in [1.165, 1.54) is 13.3 Å². The van der Waals surface area contributed by atoms with E-state index in [1.54, 1.807) is 40.3 Å². The maximum absolute atomic E-state index is 13.7. The predicted octanol–water partition coefficient (Wildman–Crippen LogP) is 5.65. The van der Waals surface area contributed by atoms with E-state index in [0.717, 1.165) is 22.4 Å². The van der Waals surface area contributed by atoms with E-state index >= 15 is 0 Å². The zero-order valence-electron chi connectivity index (χ0n) is 25.5. The van der Waals surface area contributed by atoms with Crippen LogP contribution in [0.1, 0.15) is 36.8 Å². The lowest BCUT2D eigenvalue weighted by atomic mass is 9.92. The average molecular weight is 613 g/mol. The predicted molar refractivity (Wildman–Crippen MR) is 173 cm³/mol. The number of ether oxygens (including phenoxy) is 1. The summed E-state index contributed by atoms with van der Waals surface area (Å²) < 4.78 is 7.13. The molecule has 12 nitrogen and oxygen atoms in total. The van der Waals surface area contributed by atoms with Crippen LogP contribution in [0.5, 0.6) is 5.88 Å². The highest BCUT2D eigenvalue weighted by atomic mass is 16.5. The normalized spacial score (nSPS) is 14.3. The van der Waals surface area contributed by atoms with Crippen LogP contribution in [0, 0.1) is 11.3 Å². The second kappa shape index (κ2) is 13.8. The fraction of sp³-hybridized carbons (Fsp3) is 0.235. The molecular weight excluding hydrogens is 580 g/mol. The second-order valence-corrected chi connectivity index (χ2v) is 10.8. The van der Waals surface area contributed by atoms with Crippen LogP contribution >= 0.6 is 0 Å². The Balaban J connectivity index is 1.22. The first-order chi connectivity index (χ1) is 22.5.